The molecule has 1 amide bonds. The maximum Gasteiger partial charge on any atom is 0.274 e. The van der Waals surface area contributed by atoms with Gasteiger partial charge in [0, 0.05) is 17.1 Å². The van der Waals surface area contributed by atoms with Crippen LogP contribution in [0.5, 0.6) is 5.75 Å². The van der Waals surface area contributed by atoms with Gasteiger partial charge in [-0.15, -0.1) is 5.10 Å². The molecule has 0 unspecified atom stereocenters. The summed E-state index contributed by atoms with van der Waals surface area (Å²) in [5.41, 5.74) is 2.76. The molecule has 0 saturated carbocycles. The van der Waals surface area contributed by atoms with Crippen molar-refractivity contribution in [1.82, 2.24) is 20.3 Å². The number of halogens is 1. The second-order valence-corrected chi connectivity index (χ2v) is 6.80. The highest BCUT2D eigenvalue weighted by molar-refractivity contribution is 6.30. The fourth-order valence-corrected chi connectivity index (χ4v) is 2.98. The number of hydrogen-bond donors (Lipinski definition) is 1. The number of ether oxygens (including phenoxy) is 1. The van der Waals surface area contributed by atoms with Gasteiger partial charge in [0.15, 0.2) is 5.69 Å². The summed E-state index contributed by atoms with van der Waals surface area (Å²) in [5.74, 6) is 0.513. The van der Waals surface area contributed by atoms with E-state index in [1.807, 2.05) is 50.2 Å². The summed E-state index contributed by atoms with van der Waals surface area (Å²) in [4.78, 5) is 12.8. The third kappa shape index (κ3) is 4.11. The number of nitrogens with zero attached hydrogens (tertiary/aromatic N) is 3. The Kier molecular flexibility index (Phi) is 5.76. The molecule has 1 heterocycles. The molecule has 0 atom stereocenters. The van der Waals surface area contributed by atoms with Gasteiger partial charge in [0.2, 0.25) is 0 Å². The van der Waals surface area contributed by atoms with Crippen molar-refractivity contribution in [3.8, 4) is 11.4 Å². The van der Waals surface area contributed by atoms with Crippen LogP contribution >= 0.6 is 11.6 Å². The van der Waals surface area contributed by atoms with Crippen LogP contribution in [0.1, 0.15) is 41.5 Å². The minimum absolute atomic E-state index is 0.0580. The first-order chi connectivity index (χ1) is 13.0. The molecule has 0 fully saturated rings. The van der Waals surface area contributed by atoms with Crippen LogP contribution in [-0.2, 0) is 6.54 Å². The summed E-state index contributed by atoms with van der Waals surface area (Å²) in [6.07, 6.45) is 0. The number of amides is 1. The number of aromatic nitrogens is 3. The first-order valence-electron chi connectivity index (χ1n) is 8.63. The fraction of sp³-hybridized carbons (Fsp3) is 0.250. The largest absolute Gasteiger partial charge is 0.496 e. The second kappa shape index (κ2) is 8.22. The normalized spacial score (nSPS) is 10.9. The maximum absolute atomic E-state index is 12.8. The Labute approximate surface area is 163 Å². The molecule has 0 saturated heterocycles. The van der Waals surface area contributed by atoms with Crippen molar-refractivity contribution < 1.29 is 9.53 Å². The van der Waals surface area contributed by atoms with Gasteiger partial charge in [-0.3, -0.25) is 4.79 Å². The van der Waals surface area contributed by atoms with Crippen molar-refractivity contribution in [1.29, 1.82) is 0 Å². The lowest BCUT2D eigenvalue weighted by Crippen LogP contribution is -2.25. The molecule has 1 aromatic heterocycles. The van der Waals surface area contributed by atoms with E-state index in [0.717, 1.165) is 22.7 Å². The Morgan fingerprint density at radius 3 is 2.56 bits per heavy atom. The summed E-state index contributed by atoms with van der Waals surface area (Å²) in [5, 5.41) is 11.9. The molecule has 6 nitrogen and oxygen atoms in total. The minimum atomic E-state index is -0.273. The molecule has 2 aromatic carbocycles. The van der Waals surface area contributed by atoms with Gasteiger partial charge in [0.1, 0.15) is 5.75 Å². The lowest BCUT2D eigenvalue weighted by molar-refractivity contribution is 0.0944. The van der Waals surface area contributed by atoms with Crippen molar-refractivity contribution >= 4 is 17.5 Å². The number of para-hydroxylation sites is 1. The van der Waals surface area contributed by atoms with Crippen LogP contribution in [0.2, 0.25) is 5.02 Å². The highest BCUT2D eigenvalue weighted by Gasteiger charge is 2.23. The van der Waals surface area contributed by atoms with E-state index in [0.29, 0.717) is 17.3 Å². The number of rotatable bonds is 6. The van der Waals surface area contributed by atoms with Crippen molar-refractivity contribution in [2.45, 2.75) is 26.3 Å². The molecule has 0 spiro atoms. The average molecular weight is 385 g/mol. The molecular weight excluding hydrogens is 364 g/mol. The van der Waals surface area contributed by atoms with Gasteiger partial charge in [0.25, 0.3) is 5.91 Å². The van der Waals surface area contributed by atoms with Crippen molar-refractivity contribution in [2.75, 3.05) is 7.11 Å². The summed E-state index contributed by atoms with van der Waals surface area (Å²) in [6, 6.07) is 14.8. The average Bonchev–Trinajstić information content (AvgIpc) is 3.12. The Bertz CT molecular complexity index is 935. The van der Waals surface area contributed by atoms with E-state index < -0.39 is 0 Å². The zero-order valence-electron chi connectivity index (χ0n) is 15.4. The zero-order chi connectivity index (χ0) is 19.4. The fourth-order valence-electron chi connectivity index (χ4n) is 2.85. The molecule has 0 aliphatic heterocycles. The smallest absolute Gasteiger partial charge is 0.274 e. The molecule has 1 N–H and O–H groups in total. The van der Waals surface area contributed by atoms with E-state index in [1.54, 1.807) is 23.9 Å². The summed E-state index contributed by atoms with van der Waals surface area (Å²) in [6.45, 7) is 4.35. The molecule has 3 aromatic rings. The number of methoxy groups -OCH3 is 1. The monoisotopic (exact) mass is 384 g/mol. The van der Waals surface area contributed by atoms with Crippen LogP contribution < -0.4 is 10.1 Å². The van der Waals surface area contributed by atoms with Crippen LogP contribution in [0.3, 0.4) is 0 Å². The Morgan fingerprint density at radius 2 is 1.89 bits per heavy atom. The van der Waals surface area contributed by atoms with Gasteiger partial charge in [-0.05, 0) is 36.2 Å². The van der Waals surface area contributed by atoms with Gasteiger partial charge < -0.3 is 10.1 Å². The molecule has 0 radical (unpaired) electrons. The Balaban J connectivity index is 1.85. The number of benzene rings is 2. The van der Waals surface area contributed by atoms with Crippen LogP contribution in [0.25, 0.3) is 5.69 Å². The standard InChI is InChI=1S/C20H21ClN4O2/c1-13(2)19-18(23-24-25(19)16-10-8-15(21)9-11-16)20(26)22-12-14-6-4-5-7-17(14)27-3/h4-11,13H,12H2,1-3H3,(H,22,26). The third-order valence-electron chi connectivity index (χ3n) is 4.17. The zero-order valence-corrected chi connectivity index (χ0v) is 16.2. The second-order valence-electron chi connectivity index (χ2n) is 6.36. The van der Waals surface area contributed by atoms with Crippen molar-refractivity contribution in [2.24, 2.45) is 0 Å². The summed E-state index contributed by atoms with van der Waals surface area (Å²) < 4.78 is 7.00. The topological polar surface area (TPSA) is 69.0 Å². The highest BCUT2D eigenvalue weighted by Crippen LogP contribution is 2.23. The quantitative estimate of drug-likeness (QED) is 0.697. The minimum Gasteiger partial charge on any atom is -0.496 e. The SMILES string of the molecule is COc1ccccc1CNC(=O)c1nnn(-c2ccc(Cl)cc2)c1C(C)C. The molecule has 0 aliphatic carbocycles. The van der Waals surface area contributed by atoms with Gasteiger partial charge in [-0.2, -0.15) is 0 Å². The lowest BCUT2D eigenvalue weighted by atomic mass is 10.1. The van der Waals surface area contributed by atoms with Gasteiger partial charge in [-0.1, -0.05) is 48.9 Å². The predicted molar refractivity (Wildman–Crippen MR) is 105 cm³/mol. The number of carbonyl (C=O) groups is 1. The van der Waals surface area contributed by atoms with E-state index in [9.17, 15) is 4.79 Å². The van der Waals surface area contributed by atoms with E-state index in [1.165, 1.54) is 0 Å². The van der Waals surface area contributed by atoms with Crippen LogP contribution in [0, 0.1) is 0 Å². The van der Waals surface area contributed by atoms with Gasteiger partial charge in [0.05, 0.1) is 18.5 Å². The van der Waals surface area contributed by atoms with Crippen molar-refractivity contribution in [3.05, 3.63) is 70.5 Å². The Morgan fingerprint density at radius 1 is 1.19 bits per heavy atom. The van der Waals surface area contributed by atoms with E-state index in [4.69, 9.17) is 16.3 Å². The van der Waals surface area contributed by atoms with Crippen LogP contribution in [0.4, 0.5) is 0 Å². The molecule has 3 rings (SSSR count). The molecular formula is C20H21ClN4O2. The number of carbonyl (C=O) groups excluding carboxylic acids is 1. The van der Waals surface area contributed by atoms with Gasteiger partial charge in [-0.25, -0.2) is 4.68 Å². The molecule has 27 heavy (non-hydrogen) atoms. The van der Waals surface area contributed by atoms with Gasteiger partial charge >= 0.3 is 0 Å². The van der Waals surface area contributed by atoms with Crippen LogP contribution in [-0.4, -0.2) is 28.0 Å². The summed E-state index contributed by atoms with van der Waals surface area (Å²) >= 11 is 5.96. The molecule has 140 valence electrons. The van der Waals surface area contributed by atoms with Crippen LogP contribution in [0.15, 0.2) is 48.5 Å². The van der Waals surface area contributed by atoms with E-state index in [2.05, 4.69) is 15.6 Å². The predicted octanol–water partition coefficient (Wildman–Crippen LogP) is 3.98. The van der Waals surface area contributed by atoms with E-state index >= 15 is 0 Å². The Hall–Kier alpha value is -2.86. The molecule has 0 aliphatic rings. The molecule has 0 bridgehead atoms. The van der Waals surface area contributed by atoms with E-state index in [-0.39, 0.29) is 11.8 Å². The number of nitrogens with one attached hydrogen (secondary N) is 1. The first-order valence-corrected chi connectivity index (χ1v) is 9.00. The summed E-state index contributed by atoms with van der Waals surface area (Å²) in [7, 11) is 1.61. The first kappa shape index (κ1) is 18.9. The van der Waals surface area contributed by atoms with Crippen molar-refractivity contribution in [3.63, 3.8) is 0 Å². The number of hydrogen-bond acceptors (Lipinski definition) is 4. The molecule has 7 heteroatoms. The third-order valence-corrected chi connectivity index (χ3v) is 4.42. The lowest BCUT2D eigenvalue weighted by Gasteiger charge is -2.12. The maximum atomic E-state index is 12.8. The highest BCUT2D eigenvalue weighted by atomic mass is 35.5.